The highest BCUT2D eigenvalue weighted by atomic mass is 19.4. The molecule has 2 saturated heterocycles. The Bertz CT molecular complexity index is 2370. The molecule has 9 nitrogen and oxygen atoms in total. The minimum Gasteiger partial charge on any atom is -0.508 e. The van der Waals surface area contributed by atoms with Crippen LogP contribution in [0.15, 0.2) is 54.7 Å². The summed E-state index contributed by atoms with van der Waals surface area (Å²) in [4.78, 5) is 30.9. The van der Waals surface area contributed by atoms with E-state index in [0.29, 0.717) is 35.7 Å². The van der Waals surface area contributed by atoms with Crippen molar-refractivity contribution in [3.8, 4) is 35.2 Å². The summed E-state index contributed by atoms with van der Waals surface area (Å²) in [6, 6.07) is 11.0. The number of hydrogen-bond donors (Lipinski definition) is 1. The Morgan fingerprint density at radius 2 is 1.81 bits per heavy atom. The smallest absolute Gasteiger partial charge is 0.471 e. The molecule has 5 heterocycles. The number of rotatable bonds is 7. The molecule has 2 atom stereocenters. The topological polar surface area (TPSA) is 94.9 Å². The number of terminal acetylenes is 1. The first-order valence-corrected chi connectivity index (χ1v) is 17.8. The van der Waals surface area contributed by atoms with Crippen molar-refractivity contribution in [3.05, 3.63) is 83.2 Å². The predicted molar refractivity (Wildman–Crippen MR) is 189 cm³/mol. The van der Waals surface area contributed by atoms with Gasteiger partial charge < -0.3 is 19.6 Å². The van der Waals surface area contributed by atoms with Gasteiger partial charge in [0.15, 0.2) is 5.82 Å². The van der Waals surface area contributed by atoms with Crippen molar-refractivity contribution in [2.45, 2.75) is 57.0 Å². The Hall–Kier alpha value is -5.55. The van der Waals surface area contributed by atoms with Crippen LogP contribution in [-0.4, -0.2) is 80.3 Å². The fourth-order valence-electron chi connectivity index (χ4n) is 8.59. The fraction of sp³-hybridized carbons (Fsp3) is 0.350. The number of fused-ring (bicyclic) bond motifs is 5. The van der Waals surface area contributed by atoms with Crippen molar-refractivity contribution < 1.29 is 36.6 Å². The standard InChI is InChI=1S/C40H33F5N6O3/c1-2-22-5-3-6-23-13-27(52)14-28(32(22)23)33-30(41)15-29-35(34(33)42)47-38(54-21-39(10-11-39)20-49-16-24-7-4-12-46-31(24)19-49)48-36(29)50-17-25-8-9-26(18-50)51(25)37(53)40(43,44)45/h1,3-7,12-15,25-26,52H,8-11,16-21H2. The van der Waals surface area contributed by atoms with E-state index in [9.17, 15) is 23.1 Å². The number of carbonyl (C=O) groups is 1. The Balaban J connectivity index is 1.11. The Kier molecular flexibility index (Phi) is 7.93. The number of carbonyl (C=O) groups excluding carboxylic acids is 1. The molecular formula is C40H33F5N6O3. The number of hydrogen-bond acceptors (Lipinski definition) is 8. The van der Waals surface area contributed by atoms with Gasteiger partial charge in [-0.2, -0.15) is 23.1 Å². The molecular weight excluding hydrogens is 707 g/mol. The summed E-state index contributed by atoms with van der Waals surface area (Å²) in [7, 11) is 0. The van der Waals surface area contributed by atoms with Gasteiger partial charge in [-0.05, 0) is 67.0 Å². The minimum absolute atomic E-state index is 0.0128. The molecule has 276 valence electrons. The first-order chi connectivity index (χ1) is 25.9. The van der Waals surface area contributed by atoms with Crippen LogP contribution in [0, 0.1) is 29.4 Å². The maximum Gasteiger partial charge on any atom is 0.471 e. The molecule has 0 radical (unpaired) electrons. The van der Waals surface area contributed by atoms with Gasteiger partial charge in [0, 0.05) is 66.2 Å². The van der Waals surface area contributed by atoms with E-state index in [2.05, 4.69) is 31.8 Å². The van der Waals surface area contributed by atoms with E-state index in [4.69, 9.17) is 11.2 Å². The lowest BCUT2D eigenvalue weighted by atomic mass is 9.93. The summed E-state index contributed by atoms with van der Waals surface area (Å²) in [6.07, 6.45) is 4.97. The van der Waals surface area contributed by atoms with Crippen molar-refractivity contribution in [2.24, 2.45) is 5.41 Å². The first kappa shape index (κ1) is 34.2. The van der Waals surface area contributed by atoms with E-state index >= 15 is 8.78 Å². The van der Waals surface area contributed by atoms with Crippen LogP contribution in [0.2, 0.25) is 0 Å². The average molecular weight is 741 g/mol. The van der Waals surface area contributed by atoms with Gasteiger partial charge in [-0.25, -0.2) is 8.78 Å². The van der Waals surface area contributed by atoms with Crippen molar-refractivity contribution >= 4 is 33.4 Å². The summed E-state index contributed by atoms with van der Waals surface area (Å²) in [6.45, 7) is 2.35. The molecule has 3 aromatic carbocycles. The molecule has 1 amide bonds. The van der Waals surface area contributed by atoms with Crippen molar-refractivity contribution in [2.75, 3.05) is 31.1 Å². The number of piperazine rings is 1. The predicted octanol–water partition coefficient (Wildman–Crippen LogP) is 6.73. The summed E-state index contributed by atoms with van der Waals surface area (Å²) in [5.74, 6) is -1.51. The van der Waals surface area contributed by atoms with Crippen molar-refractivity contribution in [1.29, 1.82) is 0 Å². The first-order valence-electron chi connectivity index (χ1n) is 17.8. The summed E-state index contributed by atoms with van der Waals surface area (Å²) >= 11 is 0. The maximum atomic E-state index is 17.1. The van der Waals surface area contributed by atoms with Gasteiger partial charge in [-0.1, -0.05) is 24.1 Å². The minimum atomic E-state index is -5.03. The van der Waals surface area contributed by atoms with Crippen LogP contribution in [0.3, 0.4) is 0 Å². The fourth-order valence-corrected chi connectivity index (χ4v) is 8.59. The molecule has 9 rings (SSSR count). The number of alkyl halides is 3. The molecule has 1 N–H and O–H groups in total. The van der Waals surface area contributed by atoms with Gasteiger partial charge in [-0.15, -0.1) is 6.42 Å². The quantitative estimate of drug-likeness (QED) is 0.145. The molecule has 54 heavy (non-hydrogen) atoms. The largest absolute Gasteiger partial charge is 0.508 e. The van der Waals surface area contributed by atoms with Crippen LogP contribution in [0.1, 0.15) is 42.5 Å². The second kappa shape index (κ2) is 12.5. The Morgan fingerprint density at radius 3 is 2.52 bits per heavy atom. The number of aromatic hydroxyl groups is 1. The number of amides is 1. The van der Waals surface area contributed by atoms with Crippen LogP contribution >= 0.6 is 0 Å². The molecule has 3 aliphatic heterocycles. The third-order valence-corrected chi connectivity index (χ3v) is 11.3. The maximum absolute atomic E-state index is 17.1. The normalized spacial score (nSPS) is 20.4. The number of aromatic nitrogens is 3. The van der Waals surface area contributed by atoms with Crippen molar-refractivity contribution in [1.82, 2.24) is 24.8 Å². The monoisotopic (exact) mass is 740 g/mol. The summed E-state index contributed by atoms with van der Waals surface area (Å²) < 4.78 is 80.4. The van der Waals surface area contributed by atoms with Crippen LogP contribution in [0.5, 0.6) is 11.8 Å². The summed E-state index contributed by atoms with van der Waals surface area (Å²) in [5, 5.41) is 11.4. The van der Waals surface area contributed by atoms with E-state index in [1.807, 2.05) is 6.07 Å². The van der Waals surface area contributed by atoms with E-state index < -0.39 is 41.4 Å². The number of phenols is 1. The van der Waals surface area contributed by atoms with E-state index in [1.54, 1.807) is 29.3 Å². The molecule has 4 aliphatic rings. The third kappa shape index (κ3) is 5.82. The van der Waals surface area contributed by atoms with E-state index in [-0.39, 0.29) is 59.2 Å². The molecule has 0 spiro atoms. The highest BCUT2D eigenvalue weighted by Gasteiger charge is 2.52. The zero-order valence-corrected chi connectivity index (χ0v) is 28.8. The molecule has 1 aliphatic carbocycles. The highest BCUT2D eigenvalue weighted by Crippen LogP contribution is 2.48. The number of pyridine rings is 1. The molecule has 2 aromatic heterocycles. The van der Waals surface area contributed by atoms with Gasteiger partial charge in [0.1, 0.15) is 22.9 Å². The number of phenolic OH excluding ortho intramolecular Hbond substituents is 1. The number of ether oxygens (including phenoxy) is 1. The second-order valence-corrected chi connectivity index (χ2v) is 14.9. The van der Waals surface area contributed by atoms with Gasteiger partial charge in [-0.3, -0.25) is 14.7 Å². The molecule has 3 fully saturated rings. The van der Waals surface area contributed by atoms with Crippen LogP contribution < -0.4 is 9.64 Å². The lowest BCUT2D eigenvalue weighted by molar-refractivity contribution is -0.188. The number of benzene rings is 3. The van der Waals surface area contributed by atoms with E-state index in [1.165, 1.54) is 17.7 Å². The van der Waals surface area contributed by atoms with Crippen LogP contribution in [0.25, 0.3) is 32.8 Å². The molecule has 1 saturated carbocycles. The molecule has 2 unspecified atom stereocenters. The van der Waals surface area contributed by atoms with Crippen LogP contribution in [0.4, 0.5) is 27.8 Å². The Morgan fingerprint density at radius 1 is 1.04 bits per heavy atom. The summed E-state index contributed by atoms with van der Waals surface area (Å²) in [5.41, 5.74) is 1.65. The zero-order valence-electron chi connectivity index (χ0n) is 28.8. The SMILES string of the molecule is C#Cc1cccc2cc(O)cc(-c3c(F)cc4c(N5CC6CCC(C5)N6C(=O)C(F)(F)F)nc(OCC5(CN6Cc7cccnc7C6)CC5)nc4c3F)c12. The Labute approximate surface area is 306 Å². The van der Waals surface area contributed by atoms with Gasteiger partial charge in [0.2, 0.25) is 0 Å². The van der Waals surface area contributed by atoms with Gasteiger partial charge in [0.05, 0.1) is 29.9 Å². The number of halogens is 5. The van der Waals surface area contributed by atoms with Gasteiger partial charge >= 0.3 is 18.1 Å². The molecule has 5 aromatic rings. The lowest BCUT2D eigenvalue weighted by Gasteiger charge is -2.42. The highest BCUT2D eigenvalue weighted by molar-refractivity contribution is 6.04. The van der Waals surface area contributed by atoms with Crippen LogP contribution in [-0.2, 0) is 17.9 Å². The van der Waals surface area contributed by atoms with E-state index in [0.717, 1.165) is 42.6 Å². The number of nitrogens with zero attached hydrogens (tertiary/aromatic N) is 6. The average Bonchev–Trinajstić information content (AvgIpc) is 3.70. The lowest BCUT2D eigenvalue weighted by Crippen LogP contribution is -2.59. The second-order valence-electron chi connectivity index (χ2n) is 14.9. The molecule has 2 bridgehead atoms. The van der Waals surface area contributed by atoms with Gasteiger partial charge in [0.25, 0.3) is 0 Å². The van der Waals surface area contributed by atoms with Crippen molar-refractivity contribution in [3.63, 3.8) is 0 Å². The molecule has 14 heteroatoms. The third-order valence-electron chi connectivity index (χ3n) is 11.3. The number of anilines is 1. The zero-order chi connectivity index (χ0) is 37.5.